The summed E-state index contributed by atoms with van der Waals surface area (Å²) >= 11 is 0. The van der Waals surface area contributed by atoms with Gasteiger partial charge in [-0.15, -0.1) is 0 Å². The van der Waals surface area contributed by atoms with E-state index in [-0.39, 0.29) is 24.4 Å². The van der Waals surface area contributed by atoms with Gasteiger partial charge in [0.25, 0.3) is 0 Å². The molecule has 1 saturated heterocycles. The number of carboxylic acid groups (broad SMARTS) is 1. The number of carbonyl (C=O) groups excluding carboxylic acids is 1. The van der Waals surface area contributed by atoms with Crippen molar-refractivity contribution >= 4 is 17.6 Å². The van der Waals surface area contributed by atoms with Gasteiger partial charge < -0.3 is 14.7 Å². The van der Waals surface area contributed by atoms with Crippen LogP contribution < -0.4 is 14.2 Å². The summed E-state index contributed by atoms with van der Waals surface area (Å²) in [7, 11) is 1.94. The standard InChI is InChI=1S/C31H37N5O4/c1-3-4-15-36(25-6-5-14-34(2)18-25)29(37)20-35-19-26(22-7-10-28-23(17-22)12-16-40-28)30(31(38)39)27(35)9-8-24-11-13-32-21-33-24/h5-7,10-11,13-14,17-18,21,26-27,30H,3-4,8-9,12,15-16,19-20H2,1-2H3/p+1/t26-,27+,30?/m1/s1. The zero-order valence-electron chi connectivity index (χ0n) is 23.3. The predicted octanol–water partition coefficient (Wildman–Crippen LogP) is 3.17. The molecule has 1 N–H and O–H groups in total. The van der Waals surface area contributed by atoms with Crippen LogP contribution in [0.4, 0.5) is 5.69 Å². The van der Waals surface area contributed by atoms with E-state index in [0.29, 0.717) is 32.5 Å². The Bertz CT molecular complexity index is 1330. The normalized spacial score (nSPS) is 20.2. The third-order valence-corrected chi connectivity index (χ3v) is 8.12. The fraction of sp³-hybridized carbons (Fsp3) is 0.452. The molecule has 4 heterocycles. The second-order valence-electron chi connectivity index (χ2n) is 10.8. The monoisotopic (exact) mass is 544 g/mol. The van der Waals surface area contributed by atoms with Crippen molar-refractivity contribution in [3.63, 3.8) is 0 Å². The van der Waals surface area contributed by atoms with Gasteiger partial charge in [0, 0.05) is 49.4 Å². The van der Waals surface area contributed by atoms with Crippen LogP contribution in [0.5, 0.6) is 5.75 Å². The smallest absolute Gasteiger partial charge is 0.308 e. The van der Waals surface area contributed by atoms with E-state index in [4.69, 9.17) is 4.74 Å². The van der Waals surface area contributed by atoms with Crippen molar-refractivity contribution in [2.24, 2.45) is 13.0 Å². The lowest BCUT2D eigenvalue weighted by molar-refractivity contribution is -0.670. The molecular formula is C31H38N5O4+. The molecule has 3 atom stereocenters. The highest BCUT2D eigenvalue weighted by Gasteiger charge is 2.47. The number of aromatic nitrogens is 3. The van der Waals surface area contributed by atoms with E-state index in [1.165, 1.54) is 6.33 Å². The molecule has 40 heavy (non-hydrogen) atoms. The highest BCUT2D eigenvalue weighted by molar-refractivity contribution is 5.94. The number of carboxylic acids is 1. The number of anilines is 1. The molecule has 0 radical (unpaired) electrons. The number of aliphatic carboxylic acids is 1. The van der Waals surface area contributed by atoms with Crippen LogP contribution in [0.25, 0.3) is 0 Å². The SMILES string of the molecule is CCCCN(C(=O)CN1C[C@H](c2ccc3c(c2)CCO3)C(C(=O)O)[C@@H]1CCc1ccncn1)c1ccc[n+](C)c1. The van der Waals surface area contributed by atoms with Crippen LogP contribution in [0.15, 0.2) is 61.3 Å². The molecular weight excluding hydrogens is 506 g/mol. The first-order chi connectivity index (χ1) is 19.4. The number of ether oxygens (including phenoxy) is 1. The van der Waals surface area contributed by atoms with Crippen LogP contribution in [0, 0.1) is 5.92 Å². The number of carbonyl (C=O) groups is 2. The summed E-state index contributed by atoms with van der Waals surface area (Å²) in [5.41, 5.74) is 3.84. The molecule has 1 fully saturated rings. The van der Waals surface area contributed by atoms with E-state index in [0.717, 1.165) is 47.5 Å². The first-order valence-corrected chi connectivity index (χ1v) is 14.2. The summed E-state index contributed by atoms with van der Waals surface area (Å²) < 4.78 is 7.63. The minimum Gasteiger partial charge on any atom is -0.493 e. The van der Waals surface area contributed by atoms with Crippen molar-refractivity contribution in [3.05, 3.63) is 78.1 Å². The van der Waals surface area contributed by atoms with Crippen LogP contribution in [0.2, 0.25) is 0 Å². The molecule has 1 unspecified atom stereocenters. The number of pyridine rings is 1. The van der Waals surface area contributed by atoms with Gasteiger partial charge in [-0.25, -0.2) is 14.5 Å². The molecule has 0 saturated carbocycles. The lowest BCUT2D eigenvalue weighted by Crippen LogP contribution is -2.45. The van der Waals surface area contributed by atoms with Crippen LogP contribution in [-0.4, -0.2) is 64.1 Å². The minimum atomic E-state index is -0.831. The number of hydrogen-bond donors (Lipinski definition) is 1. The van der Waals surface area contributed by atoms with Gasteiger partial charge in [0.15, 0.2) is 12.4 Å². The molecule has 2 aliphatic rings. The Balaban J connectivity index is 1.44. The van der Waals surface area contributed by atoms with E-state index < -0.39 is 11.9 Å². The largest absolute Gasteiger partial charge is 0.493 e. The predicted molar refractivity (Wildman–Crippen MR) is 150 cm³/mol. The van der Waals surface area contributed by atoms with Crippen LogP contribution in [-0.2, 0) is 29.5 Å². The number of nitrogens with zero attached hydrogens (tertiary/aromatic N) is 5. The van der Waals surface area contributed by atoms with Crippen molar-refractivity contribution < 1.29 is 24.0 Å². The van der Waals surface area contributed by atoms with E-state index in [1.54, 1.807) is 6.20 Å². The Morgan fingerprint density at radius 3 is 2.88 bits per heavy atom. The van der Waals surface area contributed by atoms with Gasteiger partial charge in [-0.1, -0.05) is 25.5 Å². The van der Waals surface area contributed by atoms with Gasteiger partial charge in [0.2, 0.25) is 5.91 Å². The Morgan fingerprint density at radius 2 is 2.12 bits per heavy atom. The minimum absolute atomic E-state index is 0.0150. The van der Waals surface area contributed by atoms with Crippen molar-refractivity contribution in [2.75, 3.05) is 31.1 Å². The molecule has 3 aromatic rings. The number of unbranched alkanes of at least 4 members (excludes halogenated alkanes) is 1. The fourth-order valence-electron chi connectivity index (χ4n) is 6.09. The number of rotatable bonds is 11. The first kappa shape index (κ1) is 27.7. The summed E-state index contributed by atoms with van der Waals surface area (Å²) in [5.74, 6) is -0.844. The second-order valence-corrected chi connectivity index (χ2v) is 10.8. The molecule has 210 valence electrons. The molecule has 0 bridgehead atoms. The number of amides is 1. The highest BCUT2D eigenvalue weighted by atomic mass is 16.5. The maximum atomic E-state index is 13.9. The molecule has 9 heteroatoms. The summed E-state index contributed by atoms with van der Waals surface area (Å²) in [6, 6.07) is 11.5. The number of hydrogen-bond acceptors (Lipinski definition) is 6. The number of aryl methyl sites for hydroxylation is 2. The summed E-state index contributed by atoms with van der Waals surface area (Å²) in [4.78, 5) is 39.0. The molecule has 9 nitrogen and oxygen atoms in total. The zero-order chi connectivity index (χ0) is 28.1. The average Bonchev–Trinajstić information content (AvgIpc) is 3.57. The van der Waals surface area contributed by atoms with Gasteiger partial charge in [-0.3, -0.25) is 14.5 Å². The number of benzene rings is 1. The van der Waals surface area contributed by atoms with Crippen LogP contribution in [0.3, 0.4) is 0 Å². The maximum Gasteiger partial charge on any atom is 0.308 e. The van der Waals surface area contributed by atoms with E-state index >= 15 is 0 Å². The Labute approximate surface area is 235 Å². The van der Waals surface area contributed by atoms with Gasteiger partial charge >= 0.3 is 5.97 Å². The molecule has 2 aromatic heterocycles. The third-order valence-electron chi connectivity index (χ3n) is 8.12. The van der Waals surface area contributed by atoms with Crippen LogP contribution in [0.1, 0.15) is 48.9 Å². The molecule has 1 aromatic carbocycles. The van der Waals surface area contributed by atoms with Gasteiger partial charge in [0.05, 0.1) is 19.1 Å². The molecule has 1 amide bonds. The van der Waals surface area contributed by atoms with Gasteiger partial charge in [-0.2, -0.15) is 0 Å². The number of likely N-dealkylation sites (tertiary alicyclic amines) is 1. The van der Waals surface area contributed by atoms with Crippen molar-refractivity contribution in [2.45, 2.75) is 51.0 Å². The third kappa shape index (κ3) is 6.14. The lowest BCUT2D eigenvalue weighted by Gasteiger charge is -2.29. The molecule has 0 spiro atoms. The number of fused-ring (bicyclic) bond motifs is 1. The Morgan fingerprint density at radius 1 is 1.25 bits per heavy atom. The van der Waals surface area contributed by atoms with E-state index in [1.807, 2.05) is 59.2 Å². The quantitative estimate of drug-likeness (QED) is 0.370. The molecule has 2 aliphatic heterocycles. The van der Waals surface area contributed by atoms with Gasteiger partial charge in [-0.05, 0) is 48.6 Å². The summed E-state index contributed by atoms with van der Waals surface area (Å²) in [6.07, 6.45) is 11.0. The first-order valence-electron chi connectivity index (χ1n) is 14.2. The Hall–Kier alpha value is -3.85. The van der Waals surface area contributed by atoms with Crippen LogP contribution >= 0.6 is 0 Å². The van der Waals surface area contributed by atoms with Crippen molar-refractivity contribution in [1.82, 2.24) is 14.9 Å². The fourth-order valence-corrected chi connectivity index (χ4v) is 6.09. The highest BCUT2D eigenvalue weighted by Crippen LogP contribution is 2.41. The molecule has 0 aliphatic carbocycles. The Kier molecular flexibility index (Phi) is 8.69. The van der Waals surface area contributed by atoms with Crippen molar-refractivity contribution in [1.29, 1.82) is 0 Å². The summed E-state index contributed by atoms with van der Waals surface area (Å²) in [5, 5.41) is 10.5. The second kappa shape index (κ2) is 12.6. The molecule has 5 rings (SSSR count). The van der Waals surface area contributed by atoms with E-state index in [2.05, 4.69) is 27.9 Å². The lowest BCUT2D eigenvalue weighted by atomic mass is 9.83. The average molecular weight is 545 g/mol. The summed E-state index contributed by atoms with van der Waals surface area (Å²) in [6.45, 7) is 4.04. The zero-order valence-corrected chi connectivity index (χ0v) is 23.3. The topological polar surface area (TPSA) is 99.7 Å². The van der Waals surface area contributed by atoms with Crippen molar-refractivity contribution in [3.8, 4) is 5.75 Å². The maximum absolute atomic E-state index is 13.9. The van der Waals surface area contributed by atoms with Gasteiger partial charge in [0.1, 0.15) is 24.8 Å². The van der Waals surface area contributed by atoms with E-state index in [9.17, 15) is 14.7 Å².